The maximum atomic E-state index is 12.6. The Hall–Kier alpha value is -2.03. The Bertz CT molecular complexity index is 725. The molecule has 1 aliphatic rings. The molecule has 0 saturated heterocycles. The third-order valence-corrected chi connectivity index (χ3v) is 4.41. The summed E-state index contributed by atoms with van der Waals surface area (Å²) >= 11 is 0. The molecule has 0 bridgehead atoms. The number of hydrogen-bond acceptors (Lipinski definition) is 1. The highest BCUT2D eigenvalue weighted by molar-refractivity contribution is 5.98. The molecule has 1 amide bonds. The van der Waals surface area contributed by atoms with Crippen molar-refractivity contribution in [3.8, 4) is 5.69 Å². The van der Waals surface area contributed by atoms with Crippen LogP contribution in [0.15, 0.2) is 18.2 Å². The molecule has 1 aliphatic heterocycles. The van der Waals surface area contributed by atoms with Crippen molar-refractivity contribution in [2.75, 3.05) is 7.05 Å². The number of hydrogen-bond donors (Lipinski definition) is 0. The number of nitrogens with zero attached hydrogens (tertiary/aromatic N) is 2. The molecule has 0 unspecified atom stereocenters. The van der Waals surface area contributed by atoms with Gasteiger partial charge < -0.3 is 9.47 Å². The lowest BCUT2D eigenvalue weighted by Gasteiger charge is -2.15. The lowest BCUT2D eigenvalue weighted by Crippen LogP contribution is -2.25. The smallest absolute Gasteiger partial charge is 0.256 e. The van der Waals surface area contributed by atoms with Crippen LogP contribution in [-0.4, -0.2) is 22.4 Å². The summed E-state index contributed by atoms with van der Waals surface area (Å²) in [7, 11) is 1.87. The molecule has 2 aromatic rings. The van der Waals surface area contributed by atoms with Crippen LogP contribution in [0.25, 0.3) is 5.69 Å². The summed E-state index contributed by atoms with van der Waals surface area (Å²) in [6.07, 6.45) is 0. The van der Waals surface area contributed by atoms with Crippen LogP contribution in [-0.2, 0) is 6.54 Å². The first kappa shape index (κ1) is 13.0. The van der Waals surface area contributed by atoms with Gasteiger partial charge in [0.05, 0.1) is 17.8 Å². The fourth-order valence-electron chi connectivity index (χ4n) is 2.94. The number of benzene rings is 1. The molecule has 1 aromatic heterocycles. The van der Waals surface area contributed by atoms with Gasteiger partial charge in [-0.15, -0.1) is 0 Å². The number of amides is 1. The summed E-state index contributed by atoms with van der Waals surface area (Å²) < 4.78 is 2.23. The van der Waals surface area contributed by atoms with E-state index >= 15 is 0 Å². The van der Waals surface area contributed by atoms with Gasteiger partial charge >= 0.3 is 0 Å². The number of rotatable bonds is 0. The fraction of sp³-hybridized carbons (Fsp3) is 0.353. The van der Waals surface area contributed by atoms with E-state index in [1.807, 2.05) is 13.1 Å². The molecule has 0 N–H and O–H groups in total. The van der Waals surface area contributed by atoms with Gasteiger partial charge in [0.15, 0.2) is 0 Å². The summed E-state index contributed by atoms with van der Waals surface area (Å²) in [4.78, 5) is 14.4. The van der Waals surface area contributed by atoms with Crippen LogP contribution in [0, 0.1) is 27.7 Å². The molecule has 0 aliphatic carbocycles. The van der Waals surface area contributed by atoms with E-state index in [0.29, 0.717) is 6.54 Å². The number of aromatic nitrogens is 1. The minimum absolute atomic E-state index is 0.101. The molecule has 0 saturated carbocycles. The van der Waals surface area contributed by atoms with E-state index in [0.717, 1.165) is 16.8 Å². The van der Waals surface area contributed by atoms with E-state index in [-0.39, 0.29) is 5.91 Å². The van der Waals surface area contributed by atoms with Crippen molar-refractivity contribution in [2.24, 2.45) is 0 Å². The van der Waals surface area contributed by atoms with Crippen molar-refractivity contribution >= 4 is 5.91 Å². The quantitative estimate of drug-likeness (QED) is 0.719. The summed E-state index contributed by atoms with van der Waals surface area (Å²) in [6.45, 7) is 9.05. The van der Waals surface area contributed by atoms with E-state index in [2.05, 4.69) is 44.4 Å². The first-order valence-corrected chi connectivity index (χ1v) is 6.95. The summed E-state index contributed by atoms with van der Waals surface area (Å²) in [5.41, 5.74) is 7.86. The van der Waals surface area contributed by atoms with Crippen LogP contribution in [0.1, 0.15) is 38.4 Å². The average Bonchev–Trinajstić information content (AvgIpc) is 2.61. The van der Waals surface area contributed by atoms with Gasteiger partial charge in [0.1, 0.15) is 0 Å². The number of carbonyl (C=O) groups excluding carboxylic acids is 1. The molecule has 3 heteroatoms. The second-order valence-corrected chi connectivity index (χ2v) is 5.85. The monoisotopic (exact) mass is 268 g/mol. The van der Waals surface area contributed by atoms with Crippen molar-refractivity contribution in [3.63, 3.8) is 0 Å². The lowest BCUT2D eigenvalue weighted by atomic mass is 10.0. The zero-order valence-electron chi connectivity index (χ0n) is 12.7. The molecule has 20 heavy (non-hydrogen) atoms. The predicted octanol–water partition coefficient (Wildman–Crippen LogP) is 3.30. The molecule has 1 aromatic carbocycles. The second-order valence-electron chi connectivity index (χ2n) is 5.85. The normalized spacial score (nSPS) is 14.1. The Balaban J connectivity index is 2.40. The predicted molar refractivity (Wildman–Crippen MR) is 80.5 cm³/mol. The Morgan fingerprint density at radius 3 is 2.30 bits per heavy atom. The van der Waals surface area contributed by atoms with Crippen molar-refractivity contribution in [3.05, 3.63) is 51.8 Å². The lowest BCUT2D eigenvalue weighted by molar-refractivity contribution is 0.0788. The number of carbonyl (C=O) groups is 1. The highest BCUT2D eigenvalue weighted by Gasteiger charge is 2.25. The largest absolute Gasteiger partial charge is 0.336 e. The summed E-state index contributed by atoms with van der Waals surface area (Å²) in [5, 5.41) is 0. The molecule has 2 heterocycles. The van der Waals surface area contributed by atoms with E-state index in [9.17, 15) is 4.79 Å². The van der Waals surface area contributed by atoms with Gasteiger partial charge in [-0.3, -0.25) is 4.79 Å². The first-order chi connectivity index (χ1) is 9.40. The van der Waals surface area contributed by atoms with E-state index in [4.69, 9.17) is 0 Å². The highest BCUT2D eigenvalue weighted by Crippen LogP contribution is 2.30. The van der Waals surface area contributed by atoms with Crippen LogP contribution in [0.2, 0.25) is 0 Å². The van der Waals surface area contributed by atoms with Gasteiger partial charge in [-0.05, 0) is 62.6 Å². The molecule has 0 fully saturated rings. The average molecular weight is 268 g/mol. The Morgan fingerprint density at radius 2 is 1.60 bits per heavy atom. The molecule has 0 radical (unpaired) electrons. The number of fused-ring (bicyclic) bond motifs is 3. The maximum absolute atomic E-state index is 12.6. The van der Waals surface area contributed by atoms with Crippen LogP contribution < -0.4 is 0 Å². The Morgan fingerprint density at radius 1 is 0.950 bits per heavy atom. The van der Waals surface area contributed by atoms with Gasteiger partial charge in [-0.2, -0.15) is 0 Å². The van der Waals surface area contributed by atoms with E-state index in [1.165, 1.54) is 22.5 Å². The molecule has 3 rings (SSSR count). The van der Waals surface area contributed by atoms with Crippen molar-refractivity contribution < 1.29 is 4.79 Å². The van der Waals surface area contributed by atoms with Crippen LogP contribution >= 0.6 is 0 Å². The van der Waals surface area contributed by atoms with Gasteiger partial charge in [0.25, 0.3) is 5.91 Å². The molecular weight excluding hydrogens is 248 g/mol. The minimum Gasteiger partial charge on any atom is -0.336 e. The summed E-state index contributed by atoms with van der Waals surface area (Å²) in [6, 6.07) is 6.34. The highest BCUT2D eigenvalue weighted by atomic mass is 16.2. The van der Waals surface area contributed by atoms with Gasteiger partial charge in [0.2, 0.25) is 0 Å². The zero-order valence-corrected chi connectivity index (χ0v) is 12.7. The minimum atomic E-state index is 0.101. The second kappa shape index (κ2) is 4.23. The van der Waals surface area contributed by atoms with Crippen LogP contribution in [0.3, 0.4) is 0 Å². The van der Waals surface area contributed by atoms with Crippen molar-refractivity contribution in [2.45, 2.75) is 34.2 Å². The third-order valence-electron chi connectivity index (χ3n) is 4.41. The molecule has 0 atom stereocenters. The van der Waals surface area contributed by atoms with Gasteiger partial charge in [-0.1, -0.05) is 0 Å². The maximum Gasteiger partial charge on any atom is 0.256 e. The van der Waals surface area contributed by atoms with E-state index < -0.39 is 0 Å². The Kier molecular flexibility index (Phi) is 2.75. The fourth-order valence-corrected chi connectivity index (χ4v) is 2.94. The summed E-state index contributed by atoms with van der Waals surface area (Å²) in [5.74, 6) is 0.101. The molecule has 3 nitrogen and oxygen atoms in total. The van der Waals surface area contributed by atoms with Gasteiger partial charge in [0, 0.05) is 18.4 Å². The SMILES string of the molecule is Cc1cc2c(cc1C)-n1c(cc(C)c1C)CN(C)C2=O. The topological polar surface area (TPSA) is 25.2 Å². The van der Waals surface area contributed by atoms with E-state index in [1.54, 1.807) is 4.90 Å². The number of aryl methyl sites for hydroxylation is 3. The molecule has 0 spiro atoms. The molecular formula is C17H20N2O. The third kappa shape index (κ3) is 1.69. The van der Waals surface area contributed by atoms with Crippen LogP contribution in [0.4, 0.5) is 0 Å². The van der Waals surface area contributed by atoms with Gasteiger partial charge in [-0.25, -0.2) is 0 Å². The first-order valence-electron chi connectivity index (χ1n) is 6.95. The van der Waals surface area contributed by atoms with Crippen LogP contribution in [0.5, 0.6) is 0 Å². The zero-order chi connectivity index (χ0) is 14.6. The van der Waals surface area contributed by atoms with Crippen molar-refractivity contribution in [1.82, 2.24) is 9.47 Å². The molecule has 104 valence electrons. The Labute approximate surface area is 119 Å². The standard InChI is InChI=1S/C17H20N2O/c1-10-7-15-16(8-11(10)2)19-13(4)12(3)6-14(19)9-18(5)17(15)20/h6-8H,9H2,1-5H3. The van der Waals surface area contributed by atoms with Crippen molar-refractivity contribution in [1.29, 1.82) is 0 Å².